The summed E-state index contributed by atoms with van der Waals surface area (Å²) in [6.07, 6.45) is 1.06. The first-order valence-electron chi connectivity index (χ1n) is 5.23. The van der Waals surface area contributed by atoms with Gasteiger partial charge in [-0.3, -0.25) is 4.79 Å². The van der Waals surface area contributed by atoms with Crippen LogP contribution in [0.2, 0.25) is 0 Å². The van der Waals surface area contributed by atoms with Crippen LogP contribution in [-0.4, -0.2) is 37.6 Å². The number of carbonyl (C=O) groups is 1. The number of rotatable bonds is 3. The lowest BCUT2D eigenvalue weighted by Gasteiger charge is -2.15. The number of nitrogens with zero attached hydrogens (tertiary/aromatic N) is 1. The third-order valence-electron chi connectivity index (χ3n) is 2.79. The van der Waals surface area contributed by atoms with E-state index in [2.05, 4.69) is 22.6 Å². The first-order chi connectivity index (χ1) is 7.70. The van der Waals surface area contributed by atoms with Gasteiger partial charge in [0.15, 0.2) is 0 Å². The highest BCUT2D eigenvalue weighted by atomic mass is 127. The van der Waals surface area contributed by atoms with Gasteiger partial charge in [0.1, 0.15) is 0 Å². The molecule has 5 heteroatoms. The number of amides is 1. The van der Waals surface area contributed by atoms with Crippen molar-refractivity contribution in [2.75, 3.05) is 26.8 Å². The van der Waals surface area contributed by atoms with E-state index >= 15 is 0 Å². The number of halogens is 1. The fraction of sp³-hybridized carbons (Fsp3) is 0.545. The molecule has 0 bridgehead atoms. The Labute approximate surface area is 113 Å². The average molecular weight is 351 g/mol. The van der Waals surface area contributed by atoms with Gasteiger partial charge in [-0.25, -0.2) is 0 Å². The van der Waals surface area contributed by atoms with Crippen molar-refractivity contribution >= 4 is 39.8 Å². The summed E-state index contributed by atoms with van der Waals surface area (Å²) in [7, 11) is 1.71. The summed E-state index contributed by atoms with van der Waals surface area (Å²) < 4.78 is 6.29. The maximum Gasteiger partial charge on any atom is 0.254 e. The van der Waals surface area contributed by atoms with E-state index in [9.17, 15) is 4.79 Å². The van der Waals surface area contributed by atoms with Crippen LogP contribution < -0.4 is 0 Å². The number of ether oxygens (including phenoxy) is 1. The van der Waals surface area contributed by atoms with Crippen LogP contribution >= 0.6 is 33.9 Å². The predicted octanol–water partition coefficient (Wildman–Crippen LogP) is 2.46. The lowest BCUT2D eigenvalue weighted by molar-refractivity contribution is 0.0776. The zero-order chi connectivity index (χ0) is 11.5. The van der Waals surface area contributed by atoms with E-state index in [4.69, 9.17) is 4.74 Å². The first-order valence-corrected chi connectivity index (χ1v) is 7.19. The Kier molecular flexibility index (Phi) is 4.21. The Bertz CT molecular complexity index is 380. The van der Waals surface area contributed by atoms with Crippen LogP contribution in [0.4, 0.5) is 0 Å². The molecule has 1 saturated heterocycles. The van der Waals surface area contributed by atoms with Crippen molar-refractivity contribution < 1.29 is 9.53 Å². The van der Waals surface area contributed by atoms with Crippen molar-refractivity contribution in [2.24, 2.45) is 5.92 Å². The minimum atomic E-state index is 0.165. The van der Waals surface area contributed by atoms with Gasteiger partial charge in [-0.05, 0) is 35.1 Å². The van der Waals surface area contributed by atoms with Gasteiger partial charge in [0.2, 0.25) is 0 Å². The van der Waals surface area contributed by atoms with Crippen molar-refractivity contribution in [3.8, 4) is 0 Å². The highest BCUT2D eigenvalue weighted by Gasteiger charge is 2.27. The Balaban J connectivity index is 1.97. The van der Waals surface area contributed by atoms with E-state index in [0.717, 1.165) is 34.6 Å². The molecule has 1 aromatic heterocycles. The van der Waals surface area contributed by atoms with Crippen molar-refractivity contribution in [2.45, 2.75) is 6.42 Å². The second-order valence-corrected chi connectivity index (χ2v) is 6.81. The molecule has 3 nitrogen and oxygen atoms in total. The standard InChI is InChI=1S/C11H14INO2S/c1-15-6-8-2-3-13(5-8)11(14)9-4-10(12)16-7-9/h4,7-8H,2-3,5-6H2,1H3. The summed E-state index contributed by atoms with van der Waals surface area (Å²) in [6.45, 7) is 2.45. The largest absolute Gasteiger partial charge is 0.384 e. The summed E-state index contributed by atoms with van der Waals surface area (Å²) >= 11 is 3.86. The summed E-state index contributed by atoms with van der Waals surface area (Å²) in [5.41, 5.74) is 0.826. The topological polar surface area (TPSA) is 29.5 Å². The molecule has 0 spiro atoms. The fourth-order valence-corrected chi connectivity index (χ4v) is 3.31. The molecule has 0 saturated carbocycles. The zero-order valence-electron chi connectivity index (χ0n) is 9.11. The van der Waals surface area contributed by atoms with Gasteiger partial charge in [-0.2, -0.15) is 0 Å². The molecule has 2 rings (SSSR count). The van der Waals surface area contributed by atoms with E-state index in [1.165, 1.54) is 0 Å². The lowest BCUT2D eigenvalue weighted by atomic mass is 10.1. The molecule has 0 N–H and O–H groups in total. The van der Waals surface area contributed by atoms with Crippen LogP contribution in [0, 0.1) is 8.80 Å². The van der Waals surface area contributed by atoms with Crippen LogP contribution in [-0.2, 0) is 4.74 Å². The molecule has 16 heavy (non-hydrogen) atoms. The molecule has 1 aliphatic rings. The van der Waals surface area contributed by atoms with Crippen molar-refractivity contribution in [3.63, 3.8) is 0 Å². The second kappa shape index (κ2) is 5.46. The van der Waals surface area contributed by atoms with Crippen LogP contribution in [0.3, 0.4) is 0 Å². The molecular formula is C11H14INO2S. The first kappa shape index (κ1) is 12.3. The highest BCUT2D eigenvalue weighted by Crippen LogP contribution is 2.22. The third kappa shape index (κ3) is 2.75. The SMILES string of the molecule is COCC1CCN(C(=O)c2csc(I)c2)C1. The molecule has 0 aliphatic carbocycles. The normalized spacial score (nSPS) is 20.4. The van der Waals surface area contributed by atoms with Gasteiger partial charge in [0, 0.05) is 31.5 Å². The predicted molar refractivity (Wildman–Crippen MR) is 72.9 cm³/mol. The number of hydrogen-bond acceptors (Lipinski definition) is 3. The average Bonchev–Trinajstić information content (AvgIpc) is 2.87. The van der Waals surface area contributed by atoms with Crippen molar-refractivity contribution in [1.82, 2.24) is 4.90 Å². The maximum absolute atomic E-state index is 12.1. The summed E-state index contributed by atoms with van der Waals surface area (Å²) in [5, 5.41) is 1.94. The van der Waals surface area contributed by atoms with Crippen LogP contribution in [0.15, 0.2) is 11.4 Å². The highest BCUT2D eigenvalue weighted by molar-refractivity contribution is 14.1. The van der Waals surface area contributed by atoms with Crippen molar-refractivity contribution in [1.29, 1.82) is 0 Å². The minimum absolute atomic E-state index is 0.165. The molecule has 1 aromatic rings. The molecule has 0 radical (unpaired) electrons. The summed E-state index contributed by atoms with van der Waals surface area (Å²) in [5.74, 6) is 0.671. The van der Waals surface area contributed by atoms with Gasteiger partial charge in [0.25, 0.3) is 5.91 Å². The summed E-state index contributed by atoms with van der Waals surface area (Å²) in [4.78, 5) is 14.0. The van der Waals surface area contributed by atoms with E-state index in [-0.39, 0.29) is 5.91 Å². The lowest BCUT2D eigenvalue weighted by Crippen LogP contribution is -2.28. The summed E-state index contributed by atoms with van der Waals surface area (Å²) in [6, 6.07) is 1.96. The van der Waals surface area contributed by atoms with Gasteiger partial charge in [-0.15, -0.1) is 11.3 Å². The number of hydrogen-bond donors (Lipinski definition) is 0. The Morgan fingerprint density at radius 3 is 3.19 bits per heavy atom. The van der Waals surface area contributed by atoms with Gasteiger partial charge in [0.05, 0.1) is 15.1 Å². The van der Waals surface area contributed by atoms with E-state index < -0.39 is 0 Å². The Hall–Kier alpha value is -0.140. The van der Waals surface area contributed by atoms with E-state index in [1.807, 2.05) is 16.3 Å². The number of likely N-dealkylation sites (tertiary alicyclic amines) is 1. The molecule has 1 amide bonds. The molecule has 1 fully saturated rings. The van der Waals surface area contributed by atoms with E-state index in [0.29, 0.717) is 5.92 Å². The van der Waals surface area contributed by atoms with Gasteiger partial charge >= 0.3 is 0 Å². The molecule has 1 aliphatic heterocycles. The van der Waals surface area contributed by atoms with Crippen LogP contribution in [0.1, 0.15) is 16.8 Å². The van der Waals surface area contributed by atoms with Gasteiger partial charge < -0.3 is 9.64 Å². The quantitative estimate of drug-likeness (QED) is 0.783. The van der Waals surface area contributed by atoms with Gasteiger partial charge in [-0.1, -0.05) is 0 Å². The molecular weight excluding hydrogens is 337 g/mol. The van der Waals surface area contributed by atoms with Crippen molar-refractivity contribution in [3.05, 3.63) is 19.9 Å². The number of thiophene rings is 1. The molecule has 88 valence electrons. The molecule has 1 atom stereocenters. The molecule has 0 aromatic carbocycles. The Morgan fingerprint density at radius 1 is 1.75 bits per heavy atom. The third-order valence-corrected chi connectivity index (χ3v) is 4.58. The fourth-order valence-electron chi connectivity index (χ4n) is 1.99. The van der Waals surface area contributed by atoms with Crippen LogP contribution in [0.25, 0.3) is 0 Å². The monoisotopic (exact) mass is 351 g/mol. The minimum Gasteiger partial charge on any atom is -0.384 e. The molecule has 1 unspecified atom stereocenters. The Morgan fingerprint density at radius 2 is 2.56 bits per heavy atom. The molecule has 2 heterocycles. The zero-order valence-corrected chi connectivity index (χ0v) is 12.1. The van der Waals surface area contributed by atoms with E-state index in [1.54, 1.807) is 18.4 Å². The number of carbonyl (C=O) groups excluding carboxylic acids is 1. The maximum atomic E-state index is 12.1. The number of methoxy groups -OCH3 is 1. The second-order valence-electron chi connectivity index (χ2n) is 4.00. The van der Waals surface area contributed by atoms with Crippen LogP contribution in [0.5, 0.6) is 0 Å². The smallest absolute Gasteiger partial charge is 0.254 e.